The number of hydrogen-bond acceptors (Lipinski definition) is 7. The summed E-state index contributed by atoms with van der Waals surface area (Å²) in [4.78, 5) is 15.7. The molecule has 0 bridgehead atoms. The van der Waals surface area contributed by atoms with Crippen molar-refractivity contribution in [2.45, 2.75) is 18.0 Å². The molecule has 5 rings (SSSR count). The highest BCUT2D eigenvalue weighted by Gasteiger charge is 2.29. The van der Waals surface area contributed by atoms with Gasteiger partial charge < -0.3 is 9.72 Å². The number of fused-ring (bicyclic) bond motifs is 2. The second-order valence-electron chi connectivity index (χ2n) is 7.86. The van der Waals surface area contributed by atoms with E-state index in [0.29, 0.717) is 22.3 Å². The lowest BCUT2D eigenvalue weighted by Crippen LogP contribution is -2.32. The summed E-state index contributed by atoms with van der Waals surface area (Å²) < 4.78 is 55.8. The molecule has 2 aromatic heterocycles. The fourth-order valence-corrected chi connectivity index (χ4v) is 5.97. The number of pyridine rings is 1. The highest BCUT2D eigenvalue weighted by atomic mass is 32.2. The van der Waals surface area contributed by atoms with Crippen molar-refractivity contribution in [1.29, 1.82) is 0 Å². The molecule has 0 saturated carbocycles. The smallest absolute Gasteiger partial charge is 0.252 e. The molecule has 0 spiro atoms. The van der Waals surface area contributed by atoms with E-state index in [2.05, 4.69) is 13.7 Å². The lowest BCUT2D eigenvalue weighted by Gasteiger charge is -2.22. The molecule has 0 radical (unpaired) electrons. The number of aromatic nitrogens is 3. The van der Waals surface area contributed by atoms with Gasteiger partial charge in [0.2, 0.25) is 10.0 Å². The quantitative estimate of drug-likeness (QED) is 0.354. The molecular formula is C24H19FN4O4S2. The molecule has 0 amide bonds. The Kier molecular flexibility index (Phi) is 6.05. The number of sulfonamides is 1. The van der Waals surface area contributed by atoms with Crippen LogP contribution in [0, 0.1) is 5.82 Å². The third-order valence-electron chi connectivity index (χ3n) is 5.62. The number of nitrogens with zero attached hydrogens (tertiary/aromatic N) is 3. The number of H-pyrrole nitrogens is 1. The van der Waals surface area contributed by atoms with E-state index in [1.165, 1.54) is 41.7 Å². The normalized spacial score (nSPS) is 12.0. The highest BCUT2D eigenvalue weighted by molar-refractivity contribution is 7.89. The van der Waals surface area contributed by atoms with Crippen molar-refractivity contribution in [3.05, 3.63) is 94.0 Å². The minimum Gasteiger partial charge on any atom is -0.497 e. The van der Waals surface area contributed by atoms with E-state index in [-0.39, 0.29) is 29.1 Å². The first-order valence-corrected chi connectivity index (χ1v) is 12.7. The zero-order valence-corrected chi connectivity index (χ0v) is 20.1. The summed E-state index contributed by atoms with van der Waals surface area (Å²) in [7, 11) is -2.58. The van der Waals surface area contributed by atoms with Crippen LogP contribution in [0.25, 0.3) is 21.9 Å². The highest BCUT2D eigenvalue weighted by Crippen LogP contribution is 2.27. The molecule has 0 unspecified atom stereocenters. The molecule has 0 aliphatic heterocycles. The van der Waals surface area contributed by atoms with E-state index < -0.39 is 21.4 Å². The van der Waals surface area contributed by atoms with Crippen LogP contribution in [-0.2, 0) is 23.1 Å². The molecule has 2 heterocycles. The second kappa shape index (κ2) is 9.17. The summed E-state index contributed by atoms with van der Waals surface area (Å²) in [6, 6.07) is 17.2. The standard InChI is InChI=1S/C24H19FN4O4S2/c1-33-19-10-7-16-11-17(24(30)26-21(16)12-19)14-29(13-15-5-8-18(25)9-6-15)35(31,32)22-4-2-3-20-23(22)28-34-27-20/h2-12H,13-14H2,1H3,(H,26,30). The summed E-state index contributed by atoms with van der Waals surface area (Å²) in [5.41, 5.74) is 1.72. The molecule has 0 atom stereocenters. The molecule has 5 aromatic rings. The van der Waals surface area contributed by atoms with Crippen LogP contribution in [0.4, 0.5) is 4.39 Å². The Balaban J connectivity index is 1.60. The van der Waals surface area contributed by atoms with Crippen LogP contribution < -0.4 is 10.3 Å². The van der Waals surface area contributed by atoms with E-state index in [9.17, 15) is 17.6 Å². The first-order valence-electron chi connectivity index (χ1n) is 10.5. The van der Waals surface area contributed by atoms with Crippen molar-refractivity contribution < 1.29 is 17.5 Å². The monoisotopic (exact) mass is 510 g/mol. The average Bonchev–Trinajstić information content (AvgIpc) is 3.34. The molecule has 0 saturated heterocycles. The van der Waals surface area contributed by atoms with E-state index in [1.807, 2.05) is 0 Å². The number of halogens is 1. The number of nitrogens with one attached hydrogen (secondary N) is 1. The van der Waals surface area contributed by atoms with E-state index >= 15 is 0 Å². The Bertz CT molecular complexity index is 1700. The summed E-state index contributed by atoms with van der Waals surface area (Å²) in [6.07, 6.45) is 0. The van der Waals surface area contributed by atoms with Crippen LogP contribution in [0.5, 0.6) is 5.75 Å². The Morgan fingerprint density at radius 2 is 1.83 bits per heavy atom. The van der Waals surface area contributed by atoms with Crippen LogP contribution >= 0.6 is 11.7 Å². The number of ether oxygens (including phenoxy) is 1. The maximum Gasteiger partial charge on any atom is 0.252 e. The molecule has 1 N–H and O–H groups in total. The lowest BCUT2D eigenvalue weighted by molar-refractivity contribution is 0.400. The van der Waals surface area contributed by atoms with Gasteiger partial charge in [0.25, 0.3) is 5.56 Å². The summed E-state index contributed by atoms with van der Waals surface area (Å²) in [5, 5.41) is 0.727. The van der Waals surface area contributed by atoms with E-state index in [0.717, 1.165) is 17.1 Å². The van der Waals surface area contributed by atoms with Gasteiger partial charge in [-0.05, 0) is 53.4 Å². The van der Waals surface area contributed by atoms with Crippen molar-refractivity contribution in [2.24, 2.45) is 0 Å². The molecule has 35 heavy (non-hydrogen) atoms. The fourth-order valence-electron chi connectivity index (χ4n) is 3.81. The SMILES string of the molecule is COc1ccc2cc(CN(Cc3ccc(F)cc3)S(=O)(=O)c3cccc4nsnc34)c(=O)[nH]c2c1. The van der Waals surface area contributed by atoms with Gasteiger partial charge in [0.05, 0.1) is 24.4 Å². The van der Waals surface area contributed by atoms with Crippen LogP contribution in [0.3, 0.4) is 0 Å². The van der Waals surface area contributed by atoms with Crippen molar-refractivity contribution in [1.82, 2.24) is 18.0 Å². The molecule has 8 nitrogen and oxygen atoms in total. The van der Waals surface area contributed by atoms with Crippen LogP contribution in [0.1, 0.15) is 11.1 Å². The molecule has 0 fully saturated rings. The number of rotatable bonds is 7. The molecule has 0 aliphatic rings. The van der Waals surface area contributed by atoms with Crippen molar-refractivity contribution in [3.8, 4) is 5.75 Å². The number of benzene rings is 3. The third-order valence-corrected chi connectivity index (χ3v) is 7.98. The van der Waals surface area contributed by atoms with E-state index in [1.54, 1.807) is 36.4 Å². The number of aromatic amines is 1. The maximum absolute atomic E-state index is 13.8. The minimum absolute atomic E-state index is 0.00665. The van der Waals surface area contributed by atoms with Crippen molar-refractivity contribution in [2.75, 3.05) is 7.11 Å². The topological polar surface area (TPSA) is 105 Å². The van der Waals surface area contributed by atoms with Gasteiger partial charge in [-0.15, -0.1) is 0 Å². The predicted molar refractivity (Wildman–Crippen MR) is 131 cm³/mol. The third kappa shape index (κ3) is 4.53. The Morgan fingerprint density at radius 1 is 1.03 bits per heavy atom. The second-order valence-corrected chi connectivity index (χ2v) is 10.3. The van der Waals surface area contributed by atoms with Crippen LogP contribution in [0.15, 0.2) is 76.4 Å². The van der Waals surface area contributed by atoms with Crippen LogP contribution in [0.2, 0.25) is 0 Å². The van der Waals surface area contributed by atoms with Crippen molar-refractivity contribution in [3.63, 3.8) is 0 Å². The fraction of sp³-hybridized carbons (Fsp3) is 0.125. The largest absolute Gasteiger partial charge is 0.497 e. The predicted octanol–water partition coefficient (Wildman–Crippen LogP) is 4.07. The van der Waals surface area contributed by atoms with Gasteiger partial charge >= 0.3 is 0 Å². The Hall–Kier alpha value is -3.67. The van der Waals surface area contributed by atoms with Gasteiger partial charge in [-0.2, -0.15) is 13.1 Å². The van der Waals surface area contributed by atoms with Gasteiger partial charge in [-0.1, -0.05) is 18.2 Å². The average molecular weight is 511 g/mol. The zero-order valence-electron chi connectivity index (χ0n) is 18.4. The van der Waals surface area contributed by atoms with Crippen LogP contribution in [-0.4, -0.2) is 33.6 Å². The summed E-state index contributed by atoms with van der Waals surface area (Å²) in [6.45, 7) is -0.276. The first kappa shape index (κ1) is 23.1. The summed E-state index contributed by atoms with van der Waals surface area (Å²) >= 11 is 0.921. The van der Waals surface area contributed by atoms with Gasteiger partial charge in [-0.25, -0.2) is 12.8 Å². The summed E-state index contributed by atoms with van der Waals surface area (Å²) in [5.74, 6) is 0.161. The maximum atomic E-state index is 13.8. The van der Waals surface area contributed by atoms with Gasteiger partial charge in [0.15, 0.2) is 0 Å². The molecule has 3 aromatic carbocycles. The molecule has 178 valence electrons. The number of hydrogen-bond donors (Lipinski definition) is 1. The van der Waals surface area contributed by atoms with Gasteiger partial charge in [0.1, 0.15) is 27.5 Å². The Labute approximate surface area is 204 Å². The minimum atomic E-state index is -4.11. The van der Waals surface area contributed by atoms with Gasteiger partial charge in [-0.3, -0.25) is 4.79 Å². The first-order chi connectivity index (χ1) is 16.8. The molecular weight excluding hydrogens is 491 g/mol. The van der Waals surface area contributed by atoms with Gasteiger partial charge in [0, 0.05) is 24.7 Å². The molecule has 0 aliphatic carbocycles. The molecule has 11 heteroatoms. The van der Waals surface area contributed by atoms with E-state index in [4.69, 9.17) is 4.74 Å². The number of methoxy groups -OCH3 is 1. The van der Waals surface area contributed by atoms with Crippen molar-refractivity contribution >= 4 is 43.7 Å². The zero-order chi connectivity index (χ0) is 24.6. The lowest BCUT2D eigenvalue weighted by atomic mass is 10.1. The Morgan fingerprint density at radius 3 is 2.60 bits per heavy atom.